The van der Waals surface area contributed by atoms with Crippen LogP contribution in [-0.4, -0.2) is 40.6 Å². The number of carbonyl (C=O) groups is 1. The van der Waals surface area contributed by atoms with E-state index < -0.39 is 15.9 Å². The number of aryl methyl sites for hydroxylation is 2. The molecule has 7 nitrogen and oxygen atoms in total. The van der Waals surface area contributed by atoms with Gasteiger partial charge in [-0.05, 0) is 80.4 Å². The number of ether oxygens (including phenoxy) is 2. The Morgan fingerprint density at radius 3 is 2.21 bits per heavy atom. The van der Waals surface area contributed by atoms with Crippen LogP contribution in [0.5, 0.6) is 11.5 Å². The van der Waals surface area contributed by atoms with Crippen LogP contribution in [-0.2, 0) is 14.8 Å². The average Bonchev–Trinajstić information content (AvgIpc) is 2.84. The molecule has 8 heteroatoms. The number of sulfonamides is 1. The number of nitrogens with zero attached hydrogens (tertiary/aromatic N) is 1. The lowest BCUT2D eigenvalue weighted by Gasteiger charge is -2.25. The Labute approximate surface area is 201 Å². The molecule has 0 aromatic heterocycles. The largest absolute Gasteiger partial charge is 0.497 e. The molecule has 1 amide bonds. The Hall–Kier alpha value is -3.52. The van der Waals surface area contributed by atoms with Crippen molar-refractivity contribution < 1.29 is 22.7 Å². The number of nitrogens with one attached hydrogen (secondary N) is 1. The Morgan fingerprint density at radius 1 is 0.941 bits per heavy atom. The van der Waals surface area contributed by atoms with Gasteiger partial charge in [-0.2, -0.15) is 0 Å². The van der Waals surface area contributed by atoms with Gasteiger partial charge in [-0.25, -0.2) is 8.42 Å². The molecule has 0 saturated heterocycles. The summed E-state index contributed by atoms with van der Waals surface area (Å²) in [5.41, 5.74) is 2.41. The third-order valence-electron chi connectivity index (χ3n) is 5.36. The molecule has 3 aromatic rings. The number of anilines is 1. The van der Waals surface area contributed by atoms with Crippen molar-refractivity contribution in [3.63, 3.8) is 0 Å². The molecule has 0 bridgehead atoms. The summed E-state index contributed by atoms with van der Waals surface area (Å²) in [6.45, 7) is 5.53. The summed E-state index contributed by atoms with van der Waals surface area (Å²) in [6, 6.07) is 20.2. The van der Waals surface area contributed by atoms with Gasteiger partial charge in [0.1, 0.15) is 24.7 Å². The molecule has 3 aromatic carbocycles. The zero-order chi connectivity index (χ0) is 24.7. The van der Waals surface area contributed by atoms with Crippen LogP contribution in [0.2, 0.25) is 0 Å². The first-order valence-corrected chi connectivity index (χ1v) is 12.4. The molecule has 0 aliphatic heterocycles. The van der Waals surface area contributed by atoms with E-state index in [2.05, 4.69) is 5.32 Å². The lowest BCUT2D eigenvalue weighted by molar-refractivity contribution is -0.120. The van der Waals surface area contributed by atoms with Crippen LogP contribution in [0, 0.1) is 13.8 Å². The number of hydrogen-bond donors (Lipinski definition) is 1. The summed E-state index contributed by atoms with van der Waals surface area (Å²) in [6.07, 6.45) is 0. The normalized spacial score (nSPS) is 12.0. The summed E-state index contributed by atoms with van der Waals surface area (Å²) in [5, 5.41) is 2.83. The van der Waals surface area contributed by atoms with Crippen molar-refractivity contribution in [1.29, 1.82) is 0 Å². The summed E-state index contributed by atoms with van der Waals surface area (Å²) >= 11 is 0. The molecule has 1 unspecified atom stereocenters. The van der Waals surface area contributed by atoms with Crippen LogP contribution in [0.15, 0.2) is 77.7 Å². The Balaban J connectivity index is 1.73. The first-order valence-electron chi connectivity index (χ1n) is 10.9. The van der Waals surface area contributed by atoms with Gasteiger partial charge in [0.25, 0.3) is 10.0 Å². The lowest BCUT2D eigenvalue weighted by Crippen LogP contribution is -2.45. The fraction of sp³-hybridized carbons (Fsp3) is 0.269. The molecular formula is C26H30N2O5S. The van der Waals surface area contributed by atoms with E-state index in [1.54, 1.807) is 68.6 Å². The van der Waals surface area contributed by atoms with Gasteiger partial charge >= 0.3 is 0 Å². The van der Waals surface area contributed by atoms with Crippen molar-refractivity contribution in [1.82, 2.24) is 5.32 Å². The molecule has 1 atom stereocenters. The SMILES string of the molecule is COc1ccc(OCC(C)NC(=O)CN(c2ccc(C)c(C)c2)S(=O)(=O)c2ccccc2)cc1. The van der Waals surface area contributed by atoms with Crippen LogP contribution >= 0.6 is 0 Å². The average molecular weight is 483 g/mol. The van der Waals surface area contributed by atoms with Crippen molar-refractivity contribution in [2.45, 2.75) is 31.7 Å². The van der Waals surface area contributed by atoms with Crippen molar-refractivity contribution in [3.05, 3.63) is 83.9 Å². The van der Waals surface area contributed by atoms with E-state index in [9.17, 15) is 13.2 Å². The van der Waals surface area contributed by atoms with Crippen molar-refractivity contribution in [2.75, 3.05) is 24.6 Å². The number of benzene rings is 3. The number of hydrogen-bond acceptors (Lipinski definition) is 5. The third-order valence-corrected chi connectivity index (χ3v) is 7.15. The number of amides is 1. The highest BCUT2D eigenvalue weighted by molar-refractivity contribution is 7.92. The quantitative estimate of drug-likeness (QED) is 0.471. The highest BCUT2D eigenvalue weighted by Gasteiger charge is 2.27. The van der Waals surface area contributed by atoms with Gasteiger partial charge in [0.15, 0.2) is 0 Å². The van der Waals surface area contributed by atoms with Crippen LogP contribution in [0.1, 0.15) is 18.1 Å². The topological polar surface area (TPSA) is 84.9 Å². The predicted octanol–water partition coefficient (Wildman–Crippen LogP) is 4.09. The molecule has 0 heterocycles. The first kappa shape index (κ1) is 25.1. The number of rotatable bonds is 10. The molecular weight excluding hydrogens is 452 g/mol. The minimum absolute atomic E-state index is 0.122. The molecule has 0 saturated carbocycles. The number of carbonyl (C=O) groups excluding carboxylic acids is 1. The van der Waals surface area contributed by atoms with Gasteiger partial charge in [-0.3, -0.25) is 9.10 Å². The van der Waals surface area contributed by atoms with E-state index in [4.69, 9.17) is 9.47 Å². The molecule has 0 spiro atoms. The zero-order valence-corrected chi connectivity index (χ0v) is 20.6. The maximum Gasteiger partial charge on any atom is 0.264 e. The maximum absolute atomic E-state index is 13.4. The van der Waals surface area contributed by atoms with Gasteiger partial charge in [-0.1, -0.05) is 24.3 Å². The zero-order valence-electron chi connectivity index (χ0n) is 19.8. The first-order chi connectivity index (χ1) is 16.2. The molecule has 3 rings (SSSR count). The molecule has 0 aliphatic rings. The van der Waals surface area contributed by atoms with Gasteiger partial charge in [-0.15, -0.1) is 0 Å². The smallest absolute Gasteiger partial charge is 0.264 e. The lowest BCUT2D eigenvalue weighted by atomic mass is 10.1. The summed E-state index contributed by atoms with van der Waals surface area (Å²) in [7, 11) is -2.36. The summed E-state index contributed by atoms with van der Waals surface area (Å²) < 4.78 is 38.8. The van der Waals surface area contributed by atoms with E-state index in [-0.39, 0.29) is 24.1 Å². The molecule has 0 fully saturated rings. The van der Waals surface area contributed by atoms with E-state index in [0.717, 1.165) is 21.2 Å². The second-order valence-corrected chi connectivity index (χ2v) is 9.91. The Kier molecular flexibility index (Phi) is 8.17. The molecule has 0 radical (unpaired) electrons. The molecule has 180 valence electrons. The summed E-state index contributed by atoms with van der Waals surface area (Å²) in [4.78, 5) is 13.0. The molecule has 1 N–H and O–H groups in total. The maximum atomic E-state index is 13.4. The van der Waals surface area contributed by atoms with Gasteiger partial charge in [0.2, 0.25) is 5.91 Å². The second-order valence-electron chi connectivity index (χ2n) is 8.05. The predicted molar refractivity (Wildman–Crippen MR) is 133 cm³/mol. The minimum Gasteiger partial charge on any atom is -0.497 e. The fourth-order valence-corrected chi connectivity index (χ4v) is 4.74. The minimum atomic E-state index is -3.95. The fourth-order valence-electron chi connectivity index (χ4n) is 3.30. The standard InChI is InChI=1S/C26H30N2O5S/c1-19-10-11-22(16-20(19)2)28(34(30,31)25-8-6-5-7-9-25)17-26(29)27-21(3)18-33-24-14-12-23(32-4)13-15-24/h5-16,21H,17-18H2,1-4H3,(H,27,29). The summed E-state index contributed by atoms with van der Waals surface area (Å²) in [5.74, 6) is 0.939. The van der Waals surface area contributed by atoms with Gasteiger partial charge in [0.05, 0.1) is 23.7 Å². The second kappa shape index (κ2) is 11.1. The third kappa shape index (κ3) is 6.29. The molecule has 34 heavy (non-hydrogen) atoms. The number of methoxy groups -OCH3 is 1. The van der Waals surface area contributed by atoms with Crippen LogP contribution < -0.4 is 19.1 Å². The van der Waals surface area contributed by atoms with E-state index in [1.165, 1.54) is 12.1 Å². The van der Waals surface area contributed by atoms with E-state index >= 15 is 0 Å². The Bertz CT molecular complexity index is 1210. The van der Waals surface area contributed by atoms with E-state index in [0.29, 0.717) is 11.4 Å². The van der Waals surface area contributed by atoms with Crippen molar-refractivity contribution in [3.8, 4) is 11.5 Å². The van der Waals surface area contributed by atoms with Gasteiger partial charge < -0.3 is 14.8 Å². The Morgan fingerprint density at radius 2 is 1.59 bits per heavy atom. The van der Waals surface area contributed by atoms with Crippen molar-refractivity contribution >= 4 is 21.6 Å². The van der Waals surface area contributed by atoms with Gasteiger partial charge in [0, 0.05) is 0 Å². The van der Waals surface area contributed by atoms with Crippen LogP contribution in [0.3, 0.4) is 0 Å². The van der Waals surface area contributed by atoms with Crippen LogP contribution in [0.25, 0.3) is 0 Å². The van der Waals surface area contributed by atoms with Crippen molar-refractivity contribution in [2.24, 2.45) is 0 Å². The monoisotopic (exact) mass is 482 g/mol. The highest BCUT2D eigenvalue weighted by atomic mass is 32.2. The highest BCUT2D eigenvalue weighted by Crippen LogP contribution is 2.25. The van der Waals surface area contributed by atoms with Crippen LogP contribution in [0.4, 0.5) is 5.69 Å². The van der Waals surface area contributed by atoms with E-state index in [1.807, 2.05) is 19.9 Å². The molecule has 0 aliphatic carbocycles.